The van der Waals surface area contributed by atoms with E-state index >= 15 is 0 Å². The van der Waals surface area contributed by atoms with Gasteiger partial charge in [0, 0.05) is 32.9 Å². The summed E-state index contributed by atoms with van der Waals surface area (Å²) in [6.07, 6.45) is 3.57. The lowest BCUT2D eigenvalue weighted by Crippen LogP contribution is -2.08. The largest absolute Gasteiger partial charge is 0.378 e. The van der Waals surface area contributed by atoms with Crippen molar-refractivity contribution in [1.29, 1.82) is 0 Å². The van der Waals surface area contributed by atoms with Gasteiger partial charge in [-0.15, -0.1) is 0 Å². The van der Waals surface area contributed by atoms with Gasteiger partial charge in [-0.05, 0) is 12.1 Å². The molecule has 0 amide bonds. The topological polar surface area (TPSA) is 37.6 Å². The first-order valence-corrected chi connectivity index (χ1v) is 4.74. The van der Waals surface area contributed by atoms with E-state index in [-0.39, 0.29) is 5.78 Å². The molecule has 2 rings (SSSR count). The highest BCUT2D eigenvalue weighted by Gasteiger charge is 2.09. The number of rotatable bonds is 2. The predicted octanol–water partition coefficient (Wildman–Crippen LogP) is 1.60. The first-order chi connectivity index (χ1) is 7.09. The van der Waals surface area contributed by atoms with Crippen molar-refractivity contribution in [3.8, 4) is 0 Å². The molecule has 0 aromatic carbocycles. The van der Waals surface area contributed by atoms with Gasteiger partial charge in [-0.3, -0.25) is 4.79 Å². The standard InChI is InChI=1S/C11H13N3O/c1-8(15)11-10-6-9(13(2)3)4-5-14(10)7-12-11/h4-7H,1-3H3. The van der Waals surface area contributed by atoms with Crippen LogP contribution in [0.1, 0.15) is 17.4 Å². The summed E-state index contributed by atoms with van der Waals surface area (Å²) in [6, 6.07) is 3.95. The highest BCUT2D eigenvalue weighted by Crippen LogP contribution is 2.17. The number of hydrogen-bond donors (Lipinski definition) is 0. The second-order valence-electron chi connectivity index (χ2n) is 3.72. The summed E-state index contributed by atoms with van der Waals surface area (Å²) in [7, 11) is 3.94. The summed E-state index contributed by atoms with van der Waals surface area (Å²) in [5.41, 5.74) is 2.44. The van der Waals surface area contributed by atoms with Crippen LogP contribution in [0.3, 0.4) is 0 Å². The fraction of sp³-hybridized carbons (Fsp3) is 0.273. The summed E-state index contributed by atoms with van der Waals surface area (Å²) < 4.78 is 1.85. The summed E-state index contributed by atoms with van der Waals surface area (Å²) in [6.45, 7) is 1.53. The number of nitrogens with zero attached hydrogens (tertiary/aromatic N) is 3. The summed E-state index contributed by atoms with van der Waals surface area (Å²) in [4.78, 5) is 17.4. The van der Waals surface area contributed by atoms with Gasteiger partial charge in [0.1, 0.15) is 12.0 Å². The second-order valence-corrected chi connectivity index (χ2v) is 3.72. The lowest BCUT2D eigenvalue weighted by atomic mass is 10.2. The SMILES string of the molecule is CC(=O)c1ncn2ccc(N(C)C)cc12. The number of aromatic nitrogens is 2. The molecule has 2 heterocycles. The summed E-state index contributed by atoms with van der Waals surface area (Å²) in [5, 5.41) is 0. The van der Waals surface area contributed by atoms with Gasteiger partial charge in [-0.1, -0.05) is 0 Å². The smallest absolute Gasteiger partial charge is 0.180 e. The van der Waals surface area contributed by atoms with E-state index < -0.39 is 0 Å². The van der Waals surface area contributed by atoms with Crippen molar-refractivity contribution < 1.29 is 4.79 Å². The molecule has 0 aliphatic carbocycles. The van der Waals surface area contributed by atoms with Crippen LogP contribution in [-0.4, -0.2) is 29.3 Å². The van der Waals surface area contributed by atoms with Gasteiger partial charge >= 0.3 is 0 Å². The van der Waals surface area contributed by atoms with Crippen LogP contribution in [0.4, 0.5) is 5.69 Å². The van der Waals surface area contributed by atoms with E-state index in [9.17, 15) is 4.79 Å². The second kappa shape index (κ2) is 3.38. The number of fused-ring (bicyclic) bond motifs is 1. The van der Waals surface area contributed by atoms with Crippen molar-refractivity contribution >= 4 is 17.0 Å². The molecule has 0 radical (unpaired) electrons. The van der Waals surface area contributed by atoms with Crippen molar-refractivity contribution in [2.75, 3.05) is 19.0 Å². The molecule has 4 nitrogen and oxygen atoms in total. The van der Waals surface area contributed by atoms with E-state index in [0.29, 0.717) is 5.69 Å². The fourth-order valence-electron chi connectivity index (χ4n) is 1.53. The Labute approximate surface area is 88.2 Å². The summed E-state index contributed by atoms with van der Waals surface area (Å²) in [5.74, 6) is -0.00611. The van der Waals surface area contributed by atoms with Gasteiger partial charge in [0.15, 0.2) is 5.78 Å². The zero-order valence-electron chi connectivity index (χ0n) is 9.06. The number of pyridine rings is 1. The van der Waals surface area contributed by atoms with Crippen molar-refractivity contribution in [3.63, 3.8) is 0 Å². The van der Waals surface area contributed by atoms with Crippen LogP contribution in [0.15, 0.2) is 24.7 Å². The number of ketones is 1. The van der Waals surface area contributed by atoms with Crippen LogP contribution in [0.2, 0.25) is 0 Å². The molecule has 0 bridgehead atoms. The Bertz CT molecular complexity index is 514. The number of imidazole rings is 1. The van der Waals surface area contributed by atoms with Gasteiger partial charge in [0.25, 0.3) is 0 Å². The maximum atomic E-state index is 11.3. The molecule has 0 saturated carbocycles. The van der Waals surface area contributed by atoms with Gasteiger partial charge in [0.05, 0.1) is 5.52 Å². The molecule has 0 aliphatic rings. The molecule has 0 unspecified atom stereocenters. The Morgan fingerprint density at radius 2 is 2.20 bits per heavy atom. The lowest BCUT2D eigenvalue weighted by molar-refractivity contribution is 0.101. The van der Waals surface area contributed by atoms with Gasteiger partial charge < -0.3 is 9.30 Å². The maximum absolute atomic E-state index is 11.3. The zero-order valence-corrected chi connectivity index (χ0v) is 9.06. The molecular formula is C11H13N3O. The quantitative estimate of drug-likeness (QED) is 0.696. The molecule has 0 atom stereocenters. The first-order valence-electron chi connectivity index (χ1n) is 4.74. The maximum Gasteiger partial charge on any atom is 0.180 e. The number of hydrogen-bond acceptors (Lipinski definition) is 3. The van der Waals surface area contributed by atoms with E-state index in [4.69, 9.17) is 0 Å². The van der Waals surface area contributed by atoms with Crippen molar-refractivity contribution in [2.45, 2.75) is 6.92 Å². The minimum absolute atomic E-state index is 0.00611. The molecular weight excluding hydrogens is 190 g/mol. The van der Waals surface area contributed by atoms with E-state index in [1.165, 1.54) is 6.92 Å². The minimum atomic E-state index is -0.00611. The third kappa shape index (κ3) is 1.58. The third-order valence-electron chi connectivity index (χ3n) is 2.37. The van der Waals surface area contributed by atoms with Gasteiger partial charge in [-0.25, -0.2) is 4.98 Å². The van der Waals surface area contributed by atoms with Crippen molar-refractivity contribution in [2.24, 2.45) is 0 Å². The van der Waals surface area contributed by atoms with Crippen molar-refractivity contribution in [1.82, 2.24) is 9.38 Å². The number of carbonyl (C=O) groups excluding carboxylic acids is 1. The highest BCUT2D eigenvalue weighted by molar-refractivity contribution is 5.99. The Hall–Kier alpha value is -1.84. The van der Waals surface area contributed by atoms with Gasteiger partial charge in [-0.2, -0.15) is 0 Å². The average molecular weight is 203 g/mol. The van der Waals surface area contributed by atoms with Crippen LogP contribution >= 0.6 is 0 Å². The van der Waals surface area contributed by atoms with Gasteiger partial charge in [0.2, 0.25) is 0 Å². The van der Waals surface area contributed by atoms with Crippen molar-refractivity contribution in [3.05, 3.63) is 30.4 Å². The number of anilines is 1. The normalized spacial score (nSPS) is 10.6. The molecule has 2 aromatic heterocycles. The highest BCUT2D eigenvalue weighted by atomic mass is 16.1. The molecule has 0 saturated heterocycles. The third-order valence-corrected chi connectivity index (χ3v) is 2.37. The Morgan fingerprint density at radius 1 is 1.47 bits per heavy atom. The Balaban J connectivity index is 2.66. The fourth-order valence-corrected chi connectivity index (χ4v) is 1.53. The Morgan fingerprint density at radius 3 is 2.80 bits per heavy atom. The average Bonchev–Trinajstić information content (AvgIpc) is 2.59. The van der Waals surface area contributed by atoms with Crippen LogP contribution < -0.4 is 4.90 Å². The number of carbonyl (C=O) groups is 1. The van der Waals surface area contributed by atoms with E-state index in [1.54, 1.807) is 6.33 Å². The minimum Gasteiger partial charge on any atom is -0.378 e. The zero-order chi connectivity index (χ0) is 11.0. The van der Waals surface area contributed by atoms with Crippen LogP contribution in [0.25, 0.3) is 5.52 Å². The van der Waals surface area contributed by atoms with E-state index in [0.717, 1.165) is 11.2 Å². The first kappa shape index (κ1) is 9.71. The monoisotopic (exact) mass is 203 g/mol. The van der Waals surface area contributed by atoms with Crippen LogP contribution in [-0.2, 0) is 0 Å². The molecule has 0 N–H and O–H groups in total. The molecule has 4 heteroatoms. The van der Waals surface area contributed by atoms with E-state index in [1.807, 2.05) is 41.7 Å². The molecule has 0 spiro atoms. The molecule has 2 aromatic rings. The number of Topliss-reactive ketones (excluding diaryl/α,β-unsaturated/α-hetero) is 1. The Kier molecular flexibility index (Phi) is 2.19. The predicted molar refractivity (Wildman–Crippen MR) is 59.5 cm³/mol. The lowest BCUT2D eigenvalue weighted by Gasteiger charge is -2.12. The molecule has 0 fully saturated rings. The molecule has 78 valence electrons. The summed E-state index contributed by atoms with van der Waals surface area (Å²) >= 11 is 0. The van der Waals surface area contributed by atoms with Crippen LogP contribution in [0.5, 0.6) is 0 Å². The van der Waals surface area contributed by atoms with Crippen LogP contribution in [0, 0.1) is 0 Å². The molecule has 0 aliphatic heterocycles. The van der Waals surface area contributed by atoms with E-state index in [2.05, 4.69) is 4.98 Å². The molecule has 15 heavy (non-hydrogen) atoms.